The van der Waals surface area contributed by atoms with E-state index in [-0.39, 0.29) is 5.82 Å². The highest BCUT2D eigenvalue weighted by Crippen LogP contribution is 2.28. The molecular formula is C23H22FN3O3S. The molecule has 0 spiro atoms. The molecule has 0 bridgehead atoms. The van der Waals surface area contributed by atoms with Gasteiger partial charge in [0.15, 0.2) is 11.0 Å². The number of ether oxygens (including phenoxy) is 2. The van der Waals surface area contributed by atoms with Crippen LogP contribution >= 0.6 is 11.8 Å². The molecule has 0 fully saturated rings. The van der Waals surface area contributed by atoms with E-state index in [1.165, 1.54) is 12.1 Å². The molecular weight excluding hydrogens is 417 g/mol. The fourth-order valence-corrected chi connectivity index (χ4v) is 3.87. The van der Waals surface area contributed by atoms with Crippen molar-refractivity contribution in [2.75, 3.05) is 19.5 Å². The first-order valence-electron chi connectivity index (χ1n) is 9.84. The van der Waals surface area contributed by atoms with E-state index >= 15 is 0 Å². The van der Waals surface area contributed by atoms with E-state index in [2.05, 4.69) is 10.2 Å². The summed E-state index contributed by atoms with van der Waals surface area (Å²) in [6.45, 7) is 1.06. The number of methoxy groups -OCH3 is 1. The van der Waals surface area contributed by atoms with Gasteiger partial charge in [-0.1, -0.05) is 23.9 Å². The largest absolute Gasteiger partial charge is 0.497 e. The number of furan rings is 1. The molecule has 2 aromatic carbocycles. The number of hydrogen-bond donors (Lipinski definition) is 0. The highest BCUT2D eigenvalue weighted by Gasteiger charge is 2.16. The molecule has 0 amide bonds. The molecule has 0 aliphatic rings. The Morgan fingerprint density at radius 1 is 1.03 bits per heavy atom. The normalized spacial score (nSPS) is 10.9. The third kappa shape index (κ3) is 5.46. The van der Waals surface area contributed by atoms with Crippen LogP contribution in [-0.4, -0.2) is 34.2 Å². The summed E-state index contributed by atoms with van der Waals surface area (Å²) >= 11 is 1.61. The van der Waals surface area contributed by atoms with Gasteiger partial charge in [-0.05, 0) is 55.0 Å². The number of halogens is 1. The number of hydrogen-bond acceptors (Lipinski definition) is 6. The molecule has 8 heteroatoms. The van der Waals surface area contributed by atoms with Crippen LogP contribution in [0.5, 0.6) is 11.5 Å². The summed E-state index contributed by atoms with van der Waals surface area (Å²) in [6.07, 6.45) is 2.47. The molecule has 2 heterocycles. The van der Waals surface area contributed by atoms with Crippen LogP contribution in [0.15, 0.2) is 76.5 Å². The first-order valence-corrected chi connectivity index (χ1v) is 10.8. The van der Waals surface area contributed by atoms with Crippen molar-refractivity contribution in [1.29, 1.82) is 0 Å². The predicted octanol–water partition coefficient (Wildman–Crippen LogP) is 5.30. The molecule has 0 unspecified atom stereocenters. The second kappa shape index (κ2) is 10.2. The Balaban J connectivity index is 1.43. The lowest BCUT2D eigenvalue weighted by Gasteiger charge is -2.10. The highest BCUT2D eigenvalue weighted by atomic mass is 32.2. The first kappa shape index (κ1) is 21.0. The quantitative estimate of drug-likeness (QED) is 0.247. The summed E-state index contributed by atoms with van der Waals surface area (Å²) in [6, 6.07) is 17.6. The van der Waals surface area contributed by atoms with Crippen molar-refractivity contribution in [1.82, 2.24) is 14.8 Å². The predicted molar refractivity (Wildman–Crippen MR) is 117 cm³/mol. The van der Waals surface area contributed by atoms with Gasteiger partial charge in [-0.15, -0.1) is 10.2 Å². The van der Waals surface area contributed by atoms with E-state index < -0.39 is 0 Å². The lowest BCUT2D eigenvalue weighted by molar-refractivity contribution is 0.318. The molecule has 6 nitrogen and oxygen atoms in total. The third-order valence-corrected chi connectivity index (χ3v) is 5.59. The van der Waals surface area contributed by atoms with Crippen molar-refractivity contribution in [2.24, 2.45) is 0 Å². The Morgan fingerprint density at radius 2 is 1.90 bits per heavy atom. The summed E-state index contributed by atoms with van der Waals surface area (Å²) in [5, 5.41) is 9.63. The maximum atomic E-state index is 13.0. The fraction of sp³-hybridized carbons (Fsp3) is 0.217. The molecule has 0 atom stereocenters. The van der Waals surface area contributed by atoms with Crippen molar-refractivity contribution in [3.63, 3.8) is 0 Å². The van der Waals surface area contributed by atoms with E-state index in [4.69, 9.17) is 13.9 Å². The zero-order chi connectivity index (χ0) is 21.5. The molecule has 0 saturated heterocycles. The maximum absolute atomic E-state index is 13.0. The van der Waals surface area contributed by atoms with Crippen LogP contribution in [0.4, 0.5) is 4.39 Å². The fourth-order valence-electron chi connectivity index (χ4n) is 3.02. The van der Waals surface area contributed by atoms with Gasteiger partial charge in [0.1, 0.15) is 23.1 Å². The van der Waals surface area contributed by atoms with E-state index in [0.717, 1.165) is 40.2 Å². The van der Waals surface area contributed by atoms with Crippen LogP contribution in [0.1, 0.15) is 12.2 Å². The number of benzene rings is 2. The molecule has 0 N–H and O–H groups in total. The van der Waals surface area contributed by atoms with Crippen molar-refractivity contribution < 1.29 is 18.3 Å². The van der Waals surface area contributed by atoms with Crippen LogP contribution in [0, 0.1) is 5.82 Å². The van der Waals surface area contributed by atoms with Gasteiger partial charge in [0.2, 0.25) is 0 Å². The molecule has 0 radical (unpaired) electrons. The third-order valence-electron chi connectivity index (χ3n) is 4.54. The summed E-state index contributed by atoms with van der Waals surface area (Å²) in [5.41, 5.74) is 0.921. The molecule has 4 aromatic rings. The molecule has 0 aliphatic carbocycles. The van der Waals surface area contributed by atoms with Crippen LogP contribution in [-0.2, 0) is 6.54 Å². The Labute approximate surface area is 184 Å². The van der Waals surface area contributed by atoms with Crippen LogP contribution < -0.4 is 9.47 Å². The Bertz CT molecular complexity index is 1100. The highest BCUT2D eigenvalue weighted by molar-refractivity contribution is 7.99. The number of thioether (sulfide) groups is 1. The smallest absolute Gasteiger partial charge is 0.191 e. The van der Waals surface area contributed by atoms with Gasteiger partial charge >= 0.3 is 0 Å². The summed E-state index contributed by atoms with van der Waals surface area (Å²) in [7, 11) is 1.64. The zero-order valence-electron chi connectivity index (χ0n) is 17.0. The minimum absolute atomic E-state index is 0.273. The number of rotatable bonds is 10. The molecule has 2 aromatic heterocycles. The van der Waals surface area contributed by atoms with E-state index in [1.54, 1.807) is 37.3 Å². The van der Waals surface area contributed by atoms with Crippen molar-refractivity contribution >= 4 is 11.8 Å². The second-order valence-corrected chi connectivity index (χ2v) is 7.77. The molecule has 4 rings (SSSR count). The monoisotopic (exact) mass is 439 g/mol. The summed E-state index contributed by atoms with van der Waals surface area (Å²) in [5.74, 6) is 3.52. The SMILES string of the molecule is COc1cccc(-c2nnc(SCCCOc3ccc(F)cc3)n2Cc2ccco2)c1. The van der Waals surface area contributed by atoms with Gasteiger partial charge in [-0.25, -0.2) is 4.39 Å². The molecule has 31 heavy (non-hydrogen) atoms. The van der Waals surface area contributed by atoms with Crippen LogP contribution in [0.2, 0.25) is 0 Å². The molecule has 0 aliphatic heterocycles. The van der Waals surface area contributed by atoms with Crippen molar-refractivity contribution in [3.05, 3.63) is 78.5 Å². The van der Waals surface area contributed by atoms with Crippen molar-refractivity contribution in [2.45, 2.75) is 18.1 Å². The average Bonchev–Trinajstić information content (AvgIpc) is 3.45. The lowest BCUT2D eigenvalue weighted by atomic mass is 10.2. The van der Waals surface area contributed by atoms with Gasteiger partial charge in [0, 0.05) is 11.3 Å². The van der Waals surface area contributed by atoms with E-state index in [9.17, 15) is 4.39 Å². The zero-order valence-corrected chi connectivity index (χ0v) is 17.8. The molecule has 160 valence electrons. The number of aromatic nitrogens is 3. The average molecular weight is 440 g/mol. The summed E-state index contributed by atoms with van der Waals surface area (Å²) < 4.78 is 31.6. The maximum Gasteiger partial charge on any atom is 0.191 e. The standard InChI is InChI=1S/C23H22FN3O3S/c1-28-20-6-2-5-17(15-20)22-25-26-23(27(22)16-21-7-3-12-30-21)31-14-4-13-29-19-10-8-18(24)9-11-19/h2-3,5-12,15H,4,13-14,16H2,1H3. The van der Waals surface area contributed by atoms with Gasteiger partial charge in [-0.2, -0.15) is 0 Å². The van der Waals surface area contributed by atoms with Gasteiger partial charge in [0.25, 0.3) is 0 Å². The minimum Gasteiger partial charge on any atom is -0.497 e. The number of nitrogens with zero attached hydrogens (tertiary/aromatic N) is 3. The Kier molecular flexibility index (Phi) is 6.89. The summed E-state index contributed by atoms with van der Waals surface area (Å²) in [4.78, 5) is 0. The topological polar surface area (TPSA) is 62.3 Å². The van der Waals surface area contributed by atoms with E-state index in [0.29, 0.717) is 18.9 Å². The second-order valence-electron chi connectivity index (χ2n) is 6.71. The first-order chi connectivity index (χ1) is 15.2. The lowest BCUT2D eigenvalue weighted by Crippen LogP contribution is -2.04. The van der Waals surface area contributed by atoms with Gasteiger partial charge < -0.3 is 13.9 Å². The van der Waals surface area contributed by atoms with Gasteiger partial charge in [0.05, 0.1) is 26.5 Å². The Hall–Kier alpha value is -3.26. The molecule has 0 saturated carbocycles. The Morgan fingerprint density at radius 3 is 2.68 bits per heavy atom. The van der Waals surface area contributed by atoms with Crippen LogP contribution in [0.3, 0.4) is 0 Å². The minimum atomic E-state index is -0.273. The van der Waals surface area contributed by atoms with Crippen molar-refractivity contribution in [3.8, 4) is 22.9 Å². The van der Waals surface area contributed by atoms with Gasteiger partial charge in [-0.3, -0.25) is 4.57 Å². The van der Waals surface area contributed by atoms with E-state index in [1.807, 2.05) is 41.0 Å². The van der Waals surface area contributed by atoms with Crippen LogP contribution in [0.25, 0.3) is 11.4 Å².